The van der Waals surface area contributed by atoms with Crippen LogP contribution >= 0.6 is 7.67 Å². The number of hydrogen-bond acceptors (Lipinski definition) is 14. The lowest BCUT2D eigenvalue weighted by atomic mass is 9.96. The standard InChI is InChI=1S/C28H48N7O10P/c1-9-42-24(37)17(11-15(3)4)33-46(40,34-18(12-16(5)6)25(38)43-10-2)44-13-19-21(36)28(7,39)26(45-19)35-14-30-20-22(35)31-27(29)32-23(20)41-8/h14-19,21,26,36,39H,9-13H2,1-8H3,(H2,29,31,32)(H2,33,34,40)/t17-,18-,19-,21-,26-,28-/m1/s1. The number of hydrogen-bond donors (Lipinski definition) is 5. The van der Waals surface area contributed by atoms with Crippen molar-refractivity contribution in [2.75, 3.05) is 32.7 Å². The SMILES string of the molecule is CCOC(=O)[C@@H](CC(C)C)NP(=O)(N[C@H](CC(C)C)C(=O)OCC)OC[C@H]1O[C@@H](n2cnc3c(OC)nc(N)nc32)[C@](C)(O)[C@@H]1O. The minimum absolute atomic E-state index is 0.0100. The molecule has 0 unspecified atom stereocenters. The molecule has 18 heteroatoms. The number of nitrogens with two attached hydrogens (primary N) is 1. The number of carbonyl (C=O) groups excluding carboxylic acids is 2. The molecular formula is C28H48N7O10P. The Kier molecular flexibility index (Phi) is 12.9. The Hall–Kier alpha value is -2.92. The number of fused-ring (bicyclic) bond motifs is 1. The summed E-state index contributed by atoms with van der Waals surface area (Å²) in [6, 6.07) is -2.13. The van der Waals surface area contributed by atoms with Gasteiger partial charge in [0.2, 0.25) is 11.8 Å². The second-order valence-corrected chi connectivity index (χ2v) is 14.0. The maximum absolute atomic E-state index is 14.5. The number of nitrogens with zero attached hydrogens (tertiary/aromatic N) is 4. The predicted octanol–water partition coefficient (Wildman–Crippen LogP) is 1.69. The van der Waals surface area contributed by atoms with Crippen molar-refractivity contribution < 1.29 is 47.8 Å². The van der Waals surface area contributed by atoms with Gasteiger partial charge in [-0.1, -0.05) is 27.7 Å². The van der Waals surface area contributed by atoms with E-state index in [0.717, 1.165) is 0 Å². The number of aliphatic hydroxyl groups excluding tert-OH is 1. The third-order valence-corrected chi connectivity index (χ3v) is 9.05. The van der Waals surface area contributed by atoms with Crippen LogP contribution in [0.1, 0.15) is 67.5 Å². The molecule has 1 aliphatic rings. The Morgan fingerprint density at radius 1 is 1.09 bits per heavy atom. The Balaban J connectivity index is 1.94. The number of anilines is 1. The van der Waals surface area contributed by atoms with Crippen LogP contribution in [0.2, 0.25) is 0 Å². The van der Waals surface area contributed by atoms with Gasteiger partial charge in [-0.05, 0) is 45.4 Å². The van der Waals surface area contributed by atoms with Crippen molar-refractivity contribution in [3.63, 3.8) is 0 Å². The highest BCUT2D eigenvalue weighted by Gasteiger charge is 2.54. The molecule has 0 aromatic carbocycles. The molecule has 1 saturated heterocycles. The van der Waals surface area contributed by atoms with Gasteiger partial charge in [-0.3, -0.25) is 18.7 Å². The van der Waals surface area contributed by atoms with Gasteiger partial charge in [0.15, 0.2) is 17.4 Å². The van der Waals surface area contributed by atoms with Gasteiger partial charge in [-0.15, -0.1) is 0 Å². The molecule has 2 aromatic heterocycles. The maximum Gasteiger partial charge on any atom is 0.342 e. The van der Waals surface area contributed by atoms with Crippen LogP contribution in [0.4, 0.5) is 5.95 Å². The van der Waals surface area contributed by atoms with Gasteiger partial charge in [-0.2, -0.15) is 9.97 Å². The Labute approximate surface area is 268 Å². The van der Waals surface area contributed by atoms with E-state index in [0.29, 0.717) is 0 Å². The van der Waals surface area contributed by atoms with Crippen LogP contribution in [-0.2, 0) is 32.9 Å². The summed E-state index contributed by atoms with van der Waals surface area (Å²) in [4.78, 5) is 38.2. The molecule has 3 heterocycles. The summed E-state index contributed by atoms with van der Waals surface area (Å²) in [5.41, 5.74) is 4.34. The first-order valence-electron chi connectivity index (χ1n) is 15.3. The molecule has 2 aromatic rings. The molecule has 0 spiro atoms. The first kappa shape index (κ1) is 37.5. The Bertz CT molecular complexity index is 1350. The minimum Gasteiger partial charge on any atom is -0.479 e. The molecule has 260 valence electrons. The van der Waals surface area contributed by atoms with Crippen LogP contribution in [0.5, 0.6) is 5.88 Å². The third-order valence-electron chi connectivity index (χ3n) is 7.24. The van der Waals surface area contributed by atoms with Gasteiger partial charge >= 0.3 is 19.6 Å². The molecule has 17 nitrogen and oxygen atoms in total. The van der Waals surface area contributed by atoms with Crippen molar-refractivity contribution >= 4 is 36.7 Å². The van der Waals surface area contributed by atoms with Crippen LogP contribution in [0.15, 0.2) is 6.33 Å². The number of carbonyl (C=O) groups is 2. The average Bonchev–Trinajstić information content (AvgIpc) is 3.47. The van der Waals surface area contributed by atoms with Crippen LogP contribution in [0.3, 0.4) is 0 Å². The van der Waals surface area contributed by atoms with Crippen molar-refractivity contribution in [1.82, 2.24) is 29.7 Å². The number of ether oxygens (including phenoxy) is 4. The van der Waals surface area contributed by atoms with Gasteiger partial charge in [0.05, 0.1) is 33.3 Å². The van der Waals surface area contributed by atoms with Gasteiger partial charge < -0.3 is 39.4 Å². The topological polar surface area (TPSA) is 232 Å². The summed E-state index contributed by atoms with van der Waals surface area (Å²) < 4.78 is 43.5. The highest BCUT2D eigenvalue weighted by molar-refractivity contribution is 7.54. The molecule has 6 N–H and O–H groups in total. The van der Waals surface area contributed by atoms with E-state index in [4.69, 9.17) is 29.2 Å². The normalized spacial score (nSPS) is 23.2. The minimum atomic E-state index is -4.30. The fourth-order valence-electron chi connectivity index (χ4n) is 5.13. The van der Waals surface area contributed by atoms with E-state index >= 15 is 0 Å². The van der Waals surface area contributed by atoms with Gasteiger partial charge in [0.25, 0.3) is 0 Å². The zero-order chi connectivity index (χ0) is 34.4. The van der Waals surface area contributed by atoms with Crippen molar-refractivity contribution in [2.45, 2.75) is 97.4 Å². The number of nitrogens with one attached hydrogen (secondary N) is 2. The fraction of sp³-hybridized carbons (Fsp3) is 0.750. The largest absolute Gasteiger partial charge is 0.479 e. The lowest BCUT2D eigenvalue weighted by Crippen LogP contribution is -2.47. The smallest absolute Gasteiger partial charge is 0.342 e. The number of rotatable bonds is 17. The quantitative estimate of drug-likeness (QED) is 0.119. The molecular weight excluding hydrogens is 625 g/mol. The van der Waals surface area contributed by atoms with E-state index in [9.17, 15) is 24.4 Å². The van der Waals surface area contributed by atoms with E-state index in [2.05, 4.69) is 25.1 Å². The average molecular weight is 674 g/mol. The molecule has 6 atom stereocenters. The monoisotopic (exact) mass is 673 g/mol. The predicted molar refractivity (Wildman–Crippen MR) is 166 cm³/mol. The number of aromatic nitrogens is 4. The van der Waals surface area contributed by atoms with E-state index in [-0.39, 0.29) is 60.9 Å². The van der Waals surface area contributed by atoms with Gasteiger partial charge in [0, 0.05) is 0 Å². The summed E-state index contributed by atoms with van der Waals surface area (Å²) in [5, 5.41) is 28.1. The molecule has 0 amide bonds. The maximum atomic E-state index is 14.5. The van der Waals surface area contributed by atoms with E-state index < -0.39 is 62.3 Å². The molecule has 0 saturated carbocycles. The second kappa shape index (κ2) is 15.8. The van der Waals surface area contributed by atoms with Crippen molar-refractivity contribution in [3.8, 4) is 5.88 Å². The zero-order valence-corrected chi connectivity index (χ0v) is 28.5. The fourth-order valence-corrected chi connectivity index (χ4v) is 6.95. The third kappa shape index (κ3) is 8.91. The van der Waals surface area contributed by atoms with Crippen molar-refractivity contribution in [2.24, 2.45) is 11.8 Å². The number of imidazole rings is 1. The van der Waals surface area contributed by atoms with E-state index in [1.54, 1.807) is 13.8 Å². The summed E-state index contributed by atoms with van der Waals surface area (Å²) in [6.45, 7) is 11.8. The van der Waals surface area contributed by atoms with Crippen LogP contribution in [0, 0.1) is 11.8 Å². The first-order chi connectivity index (χ1) is 21.6. The lowest BCUT2D eigenvalue weighted by Gasteiger charge is -2.30. The summed E-state index contributed by atoms with van der Waals surface area (Å²) in [6.07, 6.45) is -2.24. The zero-order valence-electron chi connectivity index (χ0n) is 27.6. The summed E-state index contributed by atoms with van der Waals surface area (Å²) in [5.74, 6) is -1.33. The first-order valence-corrected chi connectivity index (χ1v) is 16.9. The second-order valence-electron chi connectivity index (χ2n) is 12.1. The van der Waals surface area contributed by atoms with Crippen LogP contribution < -0.4 is 20.6 Å². The molecule has 0 bridgehead atoms. The highest BCUT2D eigenvalue weighted by Crippen LogP contribution is 2.45. The lowest BCUT2D eigenvalue weighted by molar-refractivity contribution is -0.146. The summed E-state index contributed by atoms with van der Waals surface area (Å²) >= 11 is 0. The molecule has 1 aliphatic heterocycles. The number of esters is 2. The Morgan fingerprint density at radius 2 is 1.63 bits per heavy atom. The molecule has 3 rings (SSSR count). The molecule has 0 aliphatic carbocycles. The van der Waals surface area contributed by atoms with Crippen molar-refractivity contribution in [1.29, 1.82) is 0 Å². The highest BCUT2D eigenvalue weighted by atomic mass is 31.2. The van der Waals surface area contributed by atoms with Crippen molar-refractivity contribution in [3.05, 3.63) is 6.33 Å². The van der Waals surface area contributed by atoms with Crippen LogP contribution in [-0.4, -0.2) is 98.5 Å². The Morgan fingerprint density at radius 3 is 2.11 bits per heavy atom. The summed E-state index contributed by atoms with van der Waals surface area (Å²) in [7, 11) is -2.91. The van der Waals surface area contributed by atoms with E-state index in [1.807, 2.05) is 27.7 Å². The number of methoxy groups -OCH3 is 1. The van der Waals surface area contributed by atoms with Crippen LogP contribution in [0.25, 0.3) is 11.2 Å². The van der Waals surface area contributed by atoms with Gasteiger partial charge in [0.1, 0.15) is 29.9 Å². The van der Waals surface area contributed by atoms with E-state index in [1.165, 1.54) is 24.9 Å². The number of aliphatic hydroxyl groups is 2. The number of nitrogen functional groups attached to an aromatic ring is 1. The van der Waals surface area contributed by atoms with Gasteiger partial charge in [-0.25, -0.2) is 15.2 Å². The molecule has 1 fully saturated rings. The molecule has 46 heavy (non-hydrogen) atoms. The molecule has 0 radical (unpaired) electrons.